The van der Waals surface area contributed by atoms with E-state index in [-0.39, 0.29) is 12.6 Å². The number of rotatable bonds is 5. The van der Waals surface area contributed by atoms with Gasteiger partial charge in [0.1, 0.15) is 0 Å². The maximum atomic E-state index is 13.3. The molecule has 1 heterocycles. The monoisotopic (exact) mass is 399 g/mol. The molecule has 0 radical (unpaired) electrons. The summed E-state index contributed by atoms with van der Waals surface area (Å²) >= 11 is 12.2. The number of likely N-dealkylation sites (tertiary alicyclic amines) is 1. The number of hydrogen-bond donors (Lipinski definition) is 0. The molecule has 1 saturated heterocycles. The molecule has 7 heteroatoms. The molecule has 5 nitrogen and oxygen atoms in total. The van der Waals surface area contributed by atoms with Gasteiger partial charge in [0.15, 0.2) is 0 Å². The fraction of sp³-hybridized carbons (Fsp3) is 0.474. The Morgan fingerprint density at radius 3 is 2.27 bits per heavy atom. The largest absolute Gasteiger partial charge is 0.466 e. The van der Waals surface area contributed by atoms with Crippen molar-refractivity contribution in [2.45, 2.75) is 44.9 Å². The number of carbonyl (C=O) groups is 2. The van der Waals surface area contributed by atoms with E-state index in [4.69, 9.17) is 32.7 Å². The maximum absolute atomic E-state index is 13.3. The summed E-state index contributed by atoms with van der Waals surface area (Å²) in [7, 11) is 1.22. The van der Waals surface area contributed by atoms with Crippen molar-refractivity contribution in [3.05, 3.63) is 46.0 Å². The van der Waals surface area contributed by atoms with E-state index in [0.717, 1.165) is 5.56 Å². The van der Waals surface area contributed by atoms with Gasteiger partial charge in [-0.25, -0.2) is 4.79 Å². The van der Waals surface area contributed by atoms with Crippen LogP contribution in [0.15, 0.2) is 30.4 Å². The standard InChI is InChI=1S/C19H23Cl2NO4/c1-11(2)26-19(17(24)25-6)12(3)10-22(16(19)23)18(4,5)13-7-14(20)9-15(21)8-13/h7-9,11H,3,10H2,1-2,4-6H3. The Morgan fingerprint density at radius 2 is 1.81 bits per heavy atom. The lowest BCUT2D eigenvalue weighted by Crippen LogP contribution is -2.54. The molecule has 0 bridgehead atoms. The van der Waals surface area contributed by atoms with Gasteiger partial charge >= 0.3 is 5.97 Å². The summed E-state index contributed by atoms with van der Waals surface area (Å²) in [4.78, 5) is 27.4. The topological polar surface area (TPSA) is 55.8 Å². The highest BCUT2D eigenvalue weighted by molar-refractivity contribution is 6.34. The second kappa shape index (κ2) is 7.22. The lowest BCUT2D eigenvalue weighted by atomic mass is 9.92. The number of halogens is 2. The molecule has 0 saturated carbocycles. The molecule has 1 aliphatic rings. The van der Waals surface area contributed by atoms with E-state index >= 15 is 0 Å². The molecule has 1 aromatic rings. The number of nitrogens with zero attached hydrogens (tertiary/aromatic N) is 1. The minimum atomic E-state index is -1.84. The van der Waals surface area contributed by atoms with E-state index < -0.39 is 23.0 Å². The van der Waals surface area contributed by atoms with E-state index in [0.29, 0.717) is 15.6 Å². The van der Waals surface area contributed by atoms with Crippen LogP contribution in [0.5, 0.6) is 0 Å². The summed E-state index contributed by atoms with van der Waals surface area (Å²) < 4.78 is 10.6. The quantitative estimate of drug-likeness (QED) is 0.427. The van der Waals surface area contributed by atoms with Crippen LogP contribution in [0.3, 0.4) is 0 Å². The summed E-state index contributed by atoms with van der Waals surface area (Å²) in [6.45, 7) is 11.3. The zero-order chi connectivity index (χ0) is 19.9. The van der Waals surface area contributed by atoms with E-state index in [1.807, 2.05) is 13.8 Å². The number of hydrogen-bond acceptors (Lipinski definition) is 4. The van der Waals surface area contributed by atoms with Crippen molar-refractivity contribution in [1.82, 2.24) is 4.90 Å². The van der Waals surface area contributed by atoms with Crippen LogP contribution in [0.25, 0.3) is 0 Å². The third kappa shape index (κ3) is 3.36. The zero-order valence-electron chi connectivity index (χ0n) is 15.6. The third-order valence-corrected chi connectivity index (χ3v) is 4.96. The first kappa shape index (κ1) is 20.7. The van der Waals surface area contributed by atoms with Crippen molar-refractivity contribution < 1.29 is 19.1 Å². The average Bonchev–Trinajstić information content (AvgIpc) is 2.78. The van der Waals surface area contributed by atoms with Crippen molar-refractivity contribution in [3.63, 3.8) is 0 Å². The first-order chi connectivity index (χ1) is 12.0. The van der Waals surface area contributed by atoms with Gasteiger partial charge in [0.2, 0.25) is 0 Å². The van der Waals surface area contributed by atoms with Crippen LogP contribution in [0.1, 0.15) is 33.3 Å². The summed E-state index contributed by atoms with van der Waals surface area (Å²) in [5.41, 5.74) is -1.57. The number of benzene rings is 1. The molecule has 1 aliphatic heterocycles. The van der Waals surface area contributed by atoms with Crippen LogP contribution < -0.4 is 0 Å². The summed E-state index contributed by atoms with van der Waals surface area (Å²) in [6, 6.07) is 5.10. The Balaban J connectivity index is 2.53. The van der Waals surface area contributed by atoms with Crippen molar-refractivity contribution in [2.75, 3.05) is 13.7 Å². The van der Waals surface area contributed by atoms with Crippen molar-refractivity contribution in [1.29, 1.82) is 0 Å². The second-order valence-corrected chi connectivity index (χ2v) is 7.92. The molecule has 1 unspecified atom stereocenters. The van der Waals surface area contributed by atoms with Crippen molar-refractivity contribution in [2.24, 2.45) is 0 Å². The Bertz CT molecular complexity index is 740. The van der Waals surface area contributed by atoms with E-state index in [2.05, 4.69) is 6.58 Å². The molecular weight excluding hydrogens is 377 g/mol. The van der Waals surface area contributed by atoms with Gasteiger partial charge in [0, 0.05) is 16.6 Å². The lowest BCUT2D eigenvalue weighted by Gasteiger charge is -2.37. The second-order valence-electron chi connectivity index (χ2n) is 7.05. The molecule has 26 heavy (non-hydrogen) atoms. The van der Waals surface area contributed by atoms with Gasteiger partial charge < -0.3 is 14.4 Å². The minimum absolute atomic E-state index is 0.151. The molecule has 2 rings (SSSR count). The highest BCUT2D eigenvalue weighted by Crippen LogP contribution is 2.41. The van der Waals surface area contributed by atoms with Crippen LogP contribution in [0.4, 0.5) is 0 Å². The Kier molecular flexibility index (Phi) is 5.76. The molecule has 1 fully saturated rings. The minimum Gasteiger partial charge on any atom is -0.466 e. The number of methoxy groups -OCH3 is 1. The van der Waals surface area contributed by atoms with E-state index in [1.54, 1.807) is 32.0 Å². The van der Waals surface area contributed by atoms with E-state index in [9.17, 15) is 9.59 Å². The van der Waals surface area contributed by atoms with Gasteiger partial charge in [-0.1, -0.05) is 29.8 Å². The Hall–Kier alpha value is -1.56. The van der Waals surface area contributed by atoms with Gasteiger partial charge in [0.05, 0.1) is 18.8 Å². The predicted molar refractivity (Wildman–Crippen MR) is 101 cm³/mol. The molecule has 0 spiro atoms. The highest BCUT2D eigenvalue weighted by Gasteiger charge is 2.61. The number of esters is 1. The normalized spacial score (nSPS) is 20.8. The molecule has 1 aromatic carbocycles. The van der Waals surface area contributed by atoms with Gasteiger partial charge in [-0.2, -0.15) is 0 Å². The first-order valence-electron chi connectivity index (χ1n) is 8.20. The van der Waals surface area contributed by atoms with Gasteiger partial charge in [-0.05, 0) is 57.0 Å². The van der Waals surface area contributed by atoms with Gasteiger partial charge in [0.25, 0.3) is 11.5 Å². The molecule has 0 aromatic heterocycles. The summed E-state index contributed by atoms with van der Waals surface area (Å²) in [5.74, 6) is -1.28. The SMILES string of the molecule is C=C1CN(C(C)(C)c2cc(Cl)cc(Cl)c2)C(=O)C1(OC(C)C)C(=O)OC. The van der Waals surface area contributed by atoms with Crippen LogP contribution in [-0.4, -0.2) is 42.1 Å². The zero-order valence-corrected chi connectivity index (χ0v) is 17.1. The third-order valence-electron chi connectivity index (χ3n) is 4.52. The fourth-order valence-corrected chi connectivity index (χ4v) is 3.67. The highest BCUT2D eigenvalue weighted by atomic mass is 35.5. The van der Waals surface area contributed by atoms with Crippen LogP contribution in [0, 0.1) is 0 Å². The summed E-state index contributed by atoms with van der Waals surface area (Å²) in [5, 5.41) is 0.924. The van der Waals surface area contributed by atoms with Crippen molar-refractivity contribution in [3.8, 4) is 0 Å². The number of carbonyl (C=O) groups excluding carboxylic acids is 2. The first-order valence-corrected chi connectivity index (χ1v) is 8.95. The maximum Gasteiger partial charge on any atom is 0.352 e. The number of amides is 1. The molecular formula is C19H23Cl2NO4. The number of ether oxygens (including phenoxy) is 2. The molecule has 0 N–H and O–H groups in total. The van der Waals surface area contributed by atoms with Gasteiger partial charge in [-0.3, -0.25) is 4.79 Å². The van der Waals surface area contributed by atoms with Gasteiger partial charge in [-0.15, -0.1) is 0 Å². The smallest absolute Gasteiger partial charge is 0.352 e. The predicted octanol–water partition coefficient (Wildman–Crippen LogP) is 3.96. The van der Waals surface area contributed by atoms with Crippen molar-refractivity contribution >= 4 is 35.1 Å². The fourth-order valence-electron chi connectivity index (χ4n) is 3.14. The molecule has 1 amide bonds. The lowest BCUT2D eigenvalue weighted by molar-refractivity contribution is -0.177. The molecule has 1 atom stereocenters. The molecule has 0 aliphatic carbocycles. The van der Waals surface area contributed by atoms with E-state index in [1.165, 1.54) is 12.0 Å². The summed E-state index contributed by atoms with van der Waals surface area (Å²) in [6.07, 6.45) is -0.376. The molecule has 142 valence electrons. The Labute approximate surface area is 163 Å². The van der Waals surface area contributed by atoms with Crippen LogP contribution in [0.2, 0.25) is 10.0 Å². The average molecular weight is 400 g/mol. The van der Waals surface area contributed by atoms with Crippen LogP contribution in [-0.2, 0) is 24.6 Å². The van der Waals surface area contributed by atoms with Crippen LogP contribution >= 0.6 is 23.2 Å². The Morgan fingerprint density at radius 1 is 1.27 bits per heavy atom.